The molecule has 0 spiro atoms. The van der Waals surface area contributed by atoms with Gasteiger partial charge in [0.15, 0.2) is 6.61 Å². The van der Waals surface area contributed by atoms with Crippen molar-refractivity contribution < 1.29 is 14.3 Å². The number of carbonyl (C=O) groups excluding carboxylic acids is 2. The van der Waals surface area contributed by atoms with Crippen LogP contribution in [0.15, 0.2) is 36.4 Å². The quantitative estimate of drug-likeness (QED) is 0.738. The van der Waals surface area contributed by atoms with Crippen LogP contribution in [0.3, 0.4) is 0 Å². The van der Waals surface area contributed by atoms with Crippen molar-refractivity contribution in [1.29, 1.82) is 0 Å². The van der Waals surface area contributed by atoms with E-state index in [-0.39, 0.29) is 6.61 Å². The van der Waals surface area contributed by atoms with E-state index in [9.17, 15) is 9.59 Å². The van der Waals surface area contributed by atoms with Gasteiger partial charge < -0.3 is 10.1 Å². The van der Waals surface area contributed by atoms with Crippen molar-refractivity contribution in [2.45, 2.75) is 13.8 Å². The van der Waals surface area contributed by atoms with Crippen LogP contribution in [-0.4, -0.2) is 27.2 Å². The van der Waals surface area contributed by atoms with Gasteiger partial charge in [0.05, 0.1) is 23.0 Å². The van der Waals surface area contributed by atoms with Crippen molar-refractivity contribution in [1.82, 2.24) is 8.75 Å². The highest BCUT2D eigenvalue weighted by molar-refractivity contribution is 7.00. The molecule has 2 aromatic carbocycles. The maximum absolute atomic E-state index is 12.0. The third-order valence-electron chi connectivity index (χ3n) is 3.64. The number of amides is 1. The van der Waals surface area contributed by atoms with Crippen LogP contribution in [0.5, 0.6) is 0 Å². The second kappa shape index (κ2) is 6.76. The molecule has 3 aromatic rings. The topological polar surface area (TPSA) is 81.2 Å². The number of carbonyl (C=O) groups is 2. The molecule has 24 heavy (non-hydrogen) atoms. The number of nitrogens with one attached hydrogen (secondary N) is 1. The molecule has 122 valence electrons. The van der Waals surface area contributed by atoms with Crippen LogP contribution >= 0.6 is 11.7 Å². The second-order valence-electron chi connectivity index (χ2n) is 5.36. The summed E-state index contributed by atoms with van der Waals surface area (Å²) in [6.07, 6.45) is 0. The molecular weight excluding hydrogens is 326 g/mol. The molecular formula is C17H15N3O3S. The van der Waals surface area contributed by atoms with Crippen LogP contribution in [0.2, 0.25) is 0 Å². The number of hydrogen-bond acceptors (Lipinski definition) is 6. The molecule has 0 saturated carbocycles. The van der Waals surface area contributed by atoms with E-state index in [0.29, 0.717) is 22.3 Å². The molecule has 0 aliphatic carbocycles. The predicted octanol–water partition coefficient (Wildman–Crippen LogP) is 3.10. The highest BCUT2D eigenvalue weighted by Gasteiger charge is 2.13. The Bertz CT molecular complexity index is 920. The van der Waals surface area contributed by atoms with Gasteiger partial charge in [0.1, 0.15) is 11.0 Å². The number of fused-ring (bicyclic) bond motifs is 1. The molecule has 1 heterocycles. The minimum Gasteiger partial charge on any atom is -0.452 e. The first kappa shape index (κ1) is 16.1. The van der Waals surface area contributed by atoms with Gasteiger partial charge in [-0.1, -0.05) is 12.1 Å². The van der Waals surface area contributed by atoms with Crippen LogP contribution in [0.4, 0.5) is 5.69 Å². The van der Waals surface area contributed by atoms with E-state index < -0.39 is 11.9 Å². The van der Waals surface area contributed by atoms with Crippen LogP contribution in [0.25, 0.3) is 11.0 Å². The first-order valence-electron chi connectivity index (χ1n) is 7.30. The van der Waals surface area contributed by atoms with Gasteiger partial charge in [0, 0.05) is 0 Å². The standard InChI is InChI=1S/C17H15N3O3S/c1-10-6-7-12(8-11(10)2)17(22)23-9-15(21)18-13-4-3-5-14-16(13)20-24-19-14/h3-8H,9H2,1-2H3,(H,18,21). The van der Waals surface area contributed by atoms with Gasteiger partial charge in [-0.2, -0.15) is 8.75 Å². The van der Waals surface area contributed by atoms with E-state index in [2.05, 4.69) is 14.1 Å². The number of aryl methyl sites for hydroxylation is 2. The van der Waals surface area contributed by atoms with Gasteiger partial charge in [0.2, 0.25) is 0 Å². The smallest absolute Gasteiger partial charge is 0.338 e. The van der Waals surface area contributed by atoms with Crippen LogP contribution in [0.1, 0.15) is 21.5 Å². The third-order valence-corrected chi connectivity index (χ3v) is 4.18. The Morgan fingerprint density at radius 1 is 1.12 bits per heavy atom. The van der Waals surface area contributed by atoms with E-state index in [4.69, 9.17) is 4.74 Å². The van der Waals surface area contributed by atoms with Crippen molar-refractivity contribution in [2.24, 2.45) is 0 Å². The molecule has 0 fully saturated rings. The number of rotatable bonds is 4. The first-order valence-corrected chi connectivity index (χ1v) is 8.03. The summed E-state index contributed by atoms with van der Waals surface area (Å²) < 4.78 is 13.3. The molecule has 0 radical (unpaired) electrons. The summed E-state index contributed by atoms with van der Waals surface area (Å²) in [4.78, 5) is 24.0. The molecule has 3 rings (SSSR count). The zero-order valence-electron chi connectivity index (χ0n) is 13.2. The summed E-state index contributed by atoms with van der Waals surface area (Å²) in [7, 11) is 0. The van der Waals surface area contributed by atoms with Gasteiger partial charge in [-0.3, -0.25) is 4.79 Å². The van der Waals surface area contributed by atoms with Gasteiger partial charge >= 0.3 is 5.97 Å². The highest BCUT2D eigenvalue weighted by atomic mass is 32.1. The fourth-order valence-corrected chi connectivity index (χ4v) is 2.73. The summed E-state index contributed by atoms with van der Waals surface area (Å²) in [6, 6.07) is 10.6. The van der Waals surface area contributed by atoms with Gasteiger partial charge in [-0.05, 0) is 49.2 Å². The minimum atomic E-state index is -0.526. The maximum atomic E-state index is 12.0. The molecule has 0 aliphatic rings. The zero-order valence-corrected chi connectivity index (χ0v) is 14.0. The van der Waals surface area contributed by atoms with Gasteiger partial charge in [0.25, 0.3) is 5.91 Å². The Morgan fingerprint density at radius 3 is 2.75 bits per heavy atom. The van der Waals surface area contributed by atoms with E-state index in [0.717, 1.165) is 22.9 Å². The largest absolute Gasteiger partial charge is 0.452 e. The molecule has 0 bridgehead atoms. The predicted molar refractivity (Wildman–Crippen MR) is 92.2 cm³/mol. The summed E-state index contributed by atoms with van der Waals surface area (Å²) in [5, 5.41) is 2.69. The monoisotopic (exact) mass is 341 g/mol. The van der Waals surface area contributed by atoms with E-state index in [1.54, 1.807) is 24.3 Å². The SMILES string of the molecule is Cc1ccc(C(=O)OCC(=O)Nc2cccc3nsnc23)cc1C. The average Bonchev–Trinajstić information content (AvgIpc) is 3.05. The Morgan fingerprint density at radius 2 is 1.96 bits per heavy atom. The van der Waals surface area contributed by atoms with Crippen molar-refractivity contribution in [3.05, 3.63) is 53.1 Å². The lowest BCUT2D eigenvalue weighted by atomic mass is 10.1. The summed E-state index contributed by atoms with van der Waals surface area (Å²) in [5.41, 5.74) is 4.40. The van der Waals surface area contributed by atoms with Crippen LogP contribution in [-0.2, 0) is 9.53 Å². The van der Waals surface area contributed by atoms with E-state index in [1.807, 2.05) is 26.0 Å². The number of hydrogen-bond donors (Lipinski definition) is 1. The molecule has 6 nitrogen and oxygen atoms in total. The van der Waals surface area contributed by atoms with Gasteiger partial charge in [-0.25, -0.2) is 4.79 Å². The molecule has 7 heteroatoms. The molecule has 1 aromatic heterocycles. The van der Waals surface area contributed by atoms with Crippen molar-refractivity contribution in [3.8, 4) is 0 Å². The third kappa shape index (κ3) is 3.41. The lowest BCUT2D eigenvalue weighted by molar-refractivity contribution is -0.119. The molecule has 0 atom stereocenters. The van der Waals surface area contributed by atoms with Crippen molar-refractivity contribution in [3.63, 3.8) is 0 Å². The normalized spacial score (nSPS) is 10.6. The van der Waals surface area contributed by atoms with Crippen LogP contribution < -0.4 is 5.32 Å². The number of nitrogens with zero attached hydrogens (tertiary/aromatic N) is 2. The van der Waals surface area contributed by atoms with Crippen molar-refractivity contribution >= 4 is 40.3 Å². The Labute approximate surface area is 142 Å². The molecule has 0 aliphatic heterocycles. The lowest BCUT2D eigenvalue weighted by Crippen LogP contribution is -2.21. The molecule has 1 amide bonds. The Kier molecular flexibility index (Phi) is 4.52. The molecule has 0 saturated heterocycles. The van der Waals surface area contributed by atoms with Gasteiger partial charge in [-0.15, -0.1) is 0 Å². The zero-order chi connectivity index (χ0) is 17.1. The van der Waals surface area contributed by atoms with Crippen LogP contribution in [0, 0.1) is 13.8 Å². The fraction of sp³-hybridized carbons (Fsp3) is 0.176. The maximum Gasteiger partial charge on any atom is 0.338 e. The number of anilines is 1. The molecule has 1 N–H and O–H groups in total. The Hall–Kier alpha value is -2.80. The first-order chi connectivity index (χ1) is 11.5. The fourth-order valence-electron chi connectivity index (χ4n) is 2.18. The number of esters is 1. The molecule has 0 unspecified atom stereocenters. The van der Waals surface area contributed by atoms with E-state index in [1.165, 1.54) is 0 Å². The highest BCUT2D eigenvalue weighted by Crippen LogP contribution is 2.21. The van der Waals surface area contributed by atoms with E-state index >= 15 is 0 Å². The summed E-state index contributed by atoms with van der Waals surface area (Å²) >= 11 is 1.08. The number of aromatic nitrogens is 2. The number of ether oxygens (including phenoxy) is 1. The van der Waals surface area contributed by atoms with Crippen molar-refractivity contribution in [2.75, 3.05) is 11.9 Å². The summed E-state index contributed by atoms with van der Waals surface area (Å²) in [6.45, 7) is 3.52. The second-order valence-corrected chi connectivity index (χ2v) is 5.89. The minimum absolute atomic E-state index is 0.361. The lowest BCUT2D eigenvalue weighted by Gasteiger charge is -2.08. The average molecular weight is 341 g/mol. The Balaban J connectivity index is 1.62. The summed E-state index contributed by atoms with van der Waals surface area (Å²) in [5.74, 6) is -0.950. The number of benzene rings is 2.